The van der Waals surface area contributed by atoms with Crippen LogP contribution < -0.4 is 0 Å². The molecule has 0 N–H and O–H groups in total. The van der Waals surface area contributed by atoms with Crippen LogP contribution in [0.2, 0.25) is 0 Å². The molecule has 4 heteroatoms. The van der Waals surface area contributed by atoms with E-state index in [9.17, 15) is 4.79 Å². The molecule has 15 heavy (non-hydrogen) atoms. The minimum absolute atomic E-state index is 0.0579. The van der Waals surface area contributed by atoms with Gasteiger partial charge in [0.1, 0.15) is 0 Å². The molecule has 0 bridgehead atoms. The molecular formula is C11H18N2O2. The van der Waals surface area contributed by atoms with Crippen LogP contribution in [-0.2, 0) is 9.53 Å². The van der Waals surface area contributed by atoms with Crippen molar-refractivity contribution in [2.45, 2.75) is 26.2 Å². The molecule has 84 valence electrons. The molecule has 0 atom stereocenters. The Morgan fingerprint density at radius 3 is 2.73 bits per heavy atom. The first-order valence-electron chi connectivity index (χ1n) is 5.54. The topological polar surface area (TPSA) is 53.3 Å². The van der Waals surface area contributed by atoms with Gasteiger partial charge in [-0.15, -0.1) is 0 Å². The van der Waals surface area contributed by atoms with Crippen LogP contribution in [0.25, 0.3) is 0 Å². The van der Waals surface area contributed by atoms with Crippen molar-refractivity contribution in [1.82, 2.24) is 4.90 Å². The van der Waals surface area contributed by atoms with E-state index in [1.165, 1.54) is 0 Å². The lowest BCUT2D eigenvalue weighted by Gasteiger charge is -2.29. The quantitative estimate of drug-likeness (QED) is 0.654. The first-order valence-corrected chi connectivity index (χ1v) is 5.54. The Bertz CT molecular complexity index is 239. The fourth-order valence-electron chi connectivity index (χ4n) is 1.86. The summed E-state index contributed by atoms with van der Waals surface area (Å²) in [5, 5.41) is 8.46. The minimum atomic E-state index is -0.0579. The summed E-state index contributed by atoms with van der Waals surface area (Å²) in [5.74, 6) is 0.0146. The summed E-state index contributed by atoms with van der Waals surface area (Å²) in [5.41, 5.74) is 0. The standard InChI is InChI=1S/C11H18N2O2/c1-2-15-11(14)10-4-8-13(9-5-10)7-3-6-12/h10H,2-5,7-9H2,1H3. The average molecular weight is 210 g/mol. The number of ether oxygens (including phenoxy) is 1. The van der Waals surface area contributed by atoms with Gasteiger partial charge in [-0.2, -0.15) is 5.26 Å². The van der Waals surface area contributed by atoms with Gasteiger partial charge in [0.05, 0.1) is 18.6 Å². The van der Waals surface area contributed by atoms with E-state index in [1.807, 2.05) is 6.92 Å². The second-order valence-electron chi connectivity index (χ2n) is 3.78. The summed E-state index contributed by atoms with van der Waals surface area (Å²) in [4.78, 5) is 13.7. The predicted molar refractivity (Wildman–Crippen MR) is 56.0 cm³/mol. The van der Waals surface area contributed by atoms with Gasteiger partial charge in [0.15, 0.2) is 0 Å². The van der Waals surface area contributed by atoms with Crippen LogP contribution >= 0.6 is 0 Å². The second kappa shape index (κ2) is 6.41. The van der Waals surface area contributed by atoms with Gasteiger partial charge < -0.3 is 9.64 Å². The molecule has 1 aliphatic heterocycles. The number of carbonyl (C=O) groups excluding carboxylic acids is 1. The van der Waals surface area contributed by atoms with E-state index in [0.717, 1.165) is 32.5 Å². The molecule has 1 fully saturated rings. The van der Waals surface area contributed by atoms with E-state index in [-0.39, 0.29) is 11.9 Å². The SMILES string of the molecule is CCOC(=O)C1CCN(CCC#N)CC1. The Morgan fingerprint density at radius 1 is 1.53 bits per heavy atom. The molecule has 0 amide bonds. The molecule has 1 saturated heterocycles. The molecule has 0 aromatic carbocycles. The normalized spacial score (nSPS) is 18.4. The maximum Gasteiger partial charge on any atom is 0.309 e. The van der Waals surface area contributed by atoms with E-state index in [2.05, 4.69) is 11.0 Å². The third kappa shape index (κ3) is 3.88. The molecule has 4 nitrogen and oxygen atoms in total. The van der Waals surface area contributed by atoms with Gasteiger partial charge in [0, 0.05) is 13.0 Å². The van der Waals surface area contributed by atoms with E-state index in [0.29, 0.717) is 13.0 Å². The van der Waals surface area contributed by atoms with Gasteiger partial charge >= 0.3 is 5.97 Å². The number of rotatable bonds is 4. The van der Waals surface area contributed by atoms with Crippen molar-refractivity contribution in [3.8, 4) is 6.07 Å². The highest BCUT2D eigenvalue weighted by molar-refractivity contribution is 5.72. The van der Waals surface area contributed by atoms with Gasteiger partial charge in [0.25, 0.3) is 0 Å². The third-order valence-electron chi connectivity index (χ3n) is 2.75. The zero-order valence-corrected chi connectivity index (χ0v) is 9.24. The summed E-state index contributed by atoms with van der Waals surface area (Å²) in [6.07, 6.45) is 2.30. The lowest BCUT2D eigenvalue weighted by molar-refractivity contribution is -0.149. The maximum atomic E-state index is 11.4. The van der Waals surface area contributed by atoms with Gasteiger partial charge in [-0.05, 0) is 32.9 Å². The third-order valence-corrected chi connectivity index (χ3v) is 2.75. The molecule has 0 radical (unpaired) electrons. The van der Waals surface area contributed by atoms with Crippen LogP contribution in [0.15, 0.2) is 0 Å². The van der Waals surface area contributed by atoms with E-state index < -0.39 is 0 Å². The number of nitrogens with zero attached hydrogens (tertiary/aromatic N) is 2. The smallest absolute Gasteiger partial charge is 0.309 e. The number of esters is 1. The number of hydrogen-bond acceptors (Lipinski definition) is 4. The minimum Gasteiger partial charge on any atom is -0.466 e. The molecular weight excluding hydrogens is 192 g/mol. The summed E-state index contributed by atoms with van der Waals surface area (Å²) >= 11 is 0. The van der Waals surface area contributed by atoms with Crippen LogP contribution in [0.1, 0.15) is 26.2 Å². The number of carbonyl (C=O) groups is 1. The largest absolute Gasteiger partial charge is 0.466 e. The monoisotopic (exact) mass is 210 g/mol. The molecule has 1 rings (SSSR count). The molecule has 0 aromatic rings. The Kier molecular flexibility index (Phi) is 5.13. The summed E-state index contributed by atoms with van der Waals surface area (Å²) in [6.45, 7) is 4.94. The lowest BCUT2D eigenvalue weighted by Crippen LogP contribution is -2.37. The van der Waals surface area contributed by atoms with Crippen LogP contribution in [0.5, 0.6) is 0 Å². The highest BCUT2D eigenvalue weighted by Gasteiger charge is 2.25. The van der Waals surface area contributed by atoms with Crippen molar-refractivity contribution in [3.05, 3.63) is 0 Å². The van der Waals surface area contributed by atoms with Crippen molar-refractivity contribution in [3.63, 3.8) is 0 Å². The van der Waals surface area contributed by atoms with E-state index >= 15 is 0 Å². The van der Waals surface area contributed by atoms with Crippen molar-refractivity contribution >= 4 is 5.97 Å². The highest BCUT2D eigenvalue weighted by Crippen LogP contribution is 2.18. The van der Waals surface area contributed by atoms with Gasteiger partial charge in [-0.25, -0.2) is 0 Å². The summed E-state index contributed by atoms with van der Waals surface area (Å²) in [6, 6.07) is 2.14. The Labute approximate surface area is 90.8 Å². The molecule has 1 aliphatic rings. The number of likely N-dealkylation sites (tertiary alicyclic amines) is 1. The maximum absolute atomic E-state index is 11.4. The first kappa shape index (κ1) is 12.0. The number of nitriles is 1. The van der Waals surface area contributed by atoms with Gasteiger partial charge in [-0.3, -0.25) is 4.79 Å². The van der Waals surface area contributed by atoms with Gasteiger partial charge in [0.2, 0.25) is 0 Å². The van der Waals surface area contributed by atoms with Gasteiger partial charge in [-0.1, -0.05) is 0 Å². The fourth-order valence-corrected chi connectivity index (χ4v) is 1.86. The molecule has 0 aliphatic carbocycles. The summed E-state index contributed by atoms with van der Waals surface area (Å²) in [7, 11) is 0. The fraction of sp³-hybridized carbons (Fsp3) is 0.818. The van der Waals surface area contributed by atoms with Crippen molar-refractivity contribution < 1.29 is 9.53 Å². The Hall–Kier alpha value is -1.08. The van der Waals surface area contributed by atoms with Crippen LogP contribution in [0.4, 0.5) is 0 Å². The van der Waals surface area contributed by atoms with Crippen molar-refractivity contribution in [2.75, 3.05) is 26.2 Å². The van der Waals surface area contributed by atoms with Crippen molar-refractivity contribution in [1.29, 1.82) is 5.26 Å². The molecule has 0 saturated carbocycles. The van der Waals surface area contributed by atoms with E-state index in [4.69, 9.17) is 10.00 Å². The number of hydrogen-bond donors (Lipinski definition) is 0. The van der Waals surface area contributed by atoms with Crippen molar-refractivity contribution in [2.24, 2.45) is 5.92 Å². The molecule has 1 heterocycles. The predicted octanol–water partition coefficient (Wildman–Crippen LogP) is 1.18. The molecule has 0 aromatic heterocycles. The van der Waals surface area contributed by atoms with Crippen LogP contribution in [0.3, 0.4) is 0 Å². The van der Waals surface area contributed by atoms with Crippen LogP contribution in [-0.4, -0.2) is 37.1 Å². The molecule has 0 unspecified atom stereocenters. The Morgan fingerprint density at radius 2 is 2.20 bits per heavy atom. The zero-order chi connectivity index (χ0) is 11.1. The highest BCUT2D eigenvalue weighted by atomic mass is 16.5. The first-order chi connectivity index (χ1) is 7.27. The lowest BCUT2D eigenvalue weighted by atomic mass is 9.97. The summed E-state index contributed by atoms with van der Waals surface area (Å²) < 4.78 is 4.99. The zero-order valence-electron chi connectivity index (χ0n) is 9.24. The average Bonchev–Trinajstić information content (AvgIpc) is 2.27. The van der Waals surface area contributed by atoms with Crippen LogP contribution in [0, 0.1) is 17.2 Å². The Balaban J connectivity index is 2.23. The number of piperidine rings is 1. The second-order valence-corrected chi connectivity index (χ2v) is 3.78. The van der Waals surface area contributed by atoms with E-state index in [1.54, 1.807) is 0 Å². The molecule has 0 spiro atoms.